The fourth-order valence-electron chi connectivity index (χ4n) is 3.68. The second-order valence-corrected chi connectivity index (χ2v) is 8.04. The van der Waals surface area contributed by atoms with Gasteiger partial charge in [-0.15, -0.1) is 5.10 Å². The Labute approximate surface area is 216 Å². The molecule has 0 saturated carbocycles. The molecule has 2 N–H and O–H groups in total. The number of anilines is 2. The predicted molar refractivity (Wildman–Crippen MR) is 143 cm³/mol. The Morgan fingerprint density at radius 1 is 0.811 bits per heavy atom. The van der Waals surface area contributed by atoms with Gasteiger partial charge in [-0.25, -0.2) is 0 Å². The zero-order valence-corrected chi connectivity index (χ0v) is 21.2. The third-order valence-corrected chi connectivity index (χ3v) is 5.51. The van der Waals surface area contributed by atoms with Crippen LogP contribution in [-0.4, -0.2) is 41.0 Å². The Bertz CT molecular complexity index is 1300. The van der Waals surface area contributed by atoms with Crippen LogP contribution in [0.4, 0.5) is 11.9 Å². The van der Waals surface area contributed by atoms with Gasteiger partial charge < -0.3 is 24.8 Å². The van der Waals surface area contributed by atoms with Gasteiger partial charge in [0.2, 0.25) is 11.9 Å². The Morgan fingerprint density at radius 2 is 1.38 bits per heavy atom. The first-order valence-electron chi connectivity index (χ1n) is 12.2. The van der Waals surface area contributed by atoms with E-state index in [1.807, 2.05) is 68.4 Å². The minimum atomic E-state index is -0.353. The maximum atomic E-state index is 13.4. The molecule has 0 unspecified atom stereocenters. The summed E-state index contributed by atoms with van der Waals surface area (Å²) in [6.45, 7) is 6.05. The SMILES string of the molecule is CCOc1ccc(CNc2nc(NCc3ccc(OCC)cc3)n(C(=O)c3ccccc3OC)n2)cc1. The van der Waals surface area contributed by atoms with Gasteiger partial charge in [-0.1, -0.05) is 36.4 Å². The second kappa shape index (κ2) is 12.4. The summed E-state index contributed by atoms with van der Waals surface area (Å²) in [5.41, 5.74) is 2.42. The summed E-state index contributed by atoms with van der Waals surface area (Å²) < 4.78 is 17.7. The highest BCUT2D eigenvalue weighted by Crippen LogP contribution is 2.22. The lowest BCUT2D eigenvalue weighted by atomic mass is 10.2. The highest BCUT2D eigenvalue weighted by molar-refractivity contribution is 5.99. The van der Waals surface area contributed by atoms with Crippen LogP contribution in [0.5, 0.6) is 17.2 Å². The van der Waals surface area contributed by atoms with Crippen LogP contribution in [0.25, 0.3) is 0 Å². The summed E-state index contributed by atoms with van der Waals surface area (Å²) in [6, 6.07) is 22.6. The molecule has 37 heavy (non-hydrogen) atoms. The molecule has 0 bridgehead atoms. The third kappa shape index (κ3) is 6.58. The molecule has 0 spiro atoms. The maximum absolute atomic E-state index is 13.4. The normalized spacial score (nSPS) is 10.6. The Kier molecular flexibility index (Phi) is 8.59. The number of rotatable bonds is 12. The fraction of sp³-hybridized carbons (Fsp3) is 0.250. The van der Waals surface area contributed by atoms with E-state index in [1.165, 1.54) is 11.8 Å². The molecular weight excluding hydrogens is 470 g/mol. The number of nitrogens with one attached hydrogen (secondary N) is 2. The number of para-hydroxylation sites is 1. The van der Waals surface area contributed by atoms with Gasteiger partial charge in [0.05, 0.1) is 25.9 Å². The smallest absolute Gasteiger partial charge is 0.285 e. The van der Waals surface area contributed by atoms with E-state index in [-0.39, 0.29) is 5.91 Å². The Balaban J connectivity index is 1.54. The average Bonchev–Trinajstić information content (AvgIpc) is 3.35. The summed E-state index contributed by atoms with van der Waals surface area (Å²) in [5.74, 6) is 2.38. The van der Waals surface area contributed by atoms with Crippen LogP contribution in [0.1, 0.15) is 35.3 Å². The van der Waals surface area contributed by atoms with Gasteiger partial charge in [0, 0.05) is 13.1 Å². The summed E-state index contributed by atoms with van der Waals surface area (Å²) in [7, 11) is 1.53. The topological polar surface area (TPSA) is 99.5 Å². The number of aromatic nitrogens is 3. The van der Waals surface area contributed by atoms with Crippen molar-refractivity contribution >= 4 is 17.8 Å². The highest BCUT2D eigenvalue weighted by Gasteiger charge is 2.21. The third-order valence-electron chi connectivity index (χ3n) is 5.51. The van der Waals surface area contributed by atoms with Gasteiger partial charge in [-0.2, -0.15) is 9.67 Å². The number of carbonyl (C=O) groups is 1. The summed E-state index contributed by atoms with van der Waals surface area (Å²) in [6.07, 6.45) is 0. The van der Waals surface area contributed by atoms with Crippen molar-refractivity contribution in [2.75, 3.05) is 31.0 Å². The van der Waals surface area contributed by atoms with E-state index in [2.05, 4.69) is 20.7 Å². The minimum Gasteiger partial charge on any atom is -0.496 e. The molecule has 0 fully saturated rings. The van der Waals surface area contributed by atoms with Crippen molar-refractivity contribution in [2.45, 2.75) is 26.9 Å². The van der Waals surface area contributed by atoms with Crippen LogP contribution >= 0.6 is 0 Å². The fourth-order valence-corrected chi connectivity index (χ4v) is 3.68. The highest BCUT2D eigenvalue weighted by atomic mass is 16.5. The monoisotopic (exact) mass is 501 g/mol. The predicted octanol–water partition coefficient (Wildman–Crippen LogP) is 5.00. The summed E-state index contributed by atoms with van der Waals surface area (Å²) in [4.78, 5) is 18.0. The maximum Gasteiger partial charge on any atom is 0.285 e. The number of benzene rings is 3. The minimum absolute atomic E-state index is 0.319. The van der Waals surface area contributed by atoms with Crippen LogP contribution in [0, 0.1) is 0 Å². The molecule has 1 aromatic heterocycles. The van der Waals surface area contributed by atoms with Gasteiger partial charge in [-0.05, 0) is 61.4 Å². The first kappa shape index (κ1) is 25.6. The van der Waals surface area contributed by atoms with Crippen molar-refractivity contribution < 1.29 is 19.0 Å². The lowest BCUT2D eigenvalue weighted by molar-refractivity contribution is 0.0944. The number of carbonyl (C=O) groups excluding carboxylic acids is 1. The van der Waals surface area contributed by atoms with Gasteiger partial charge in [0.25, 0.3) is 5.91 Å². The number of hydrogen-bond donors (Lipinski definition) is 2. The lowest BCUT2D eigenvalue weighted by Gasteiger charge is -2.10. The van der Waals surface area contributed by atoms with Crippen molar-refractivity contribution in [1.29, 1.82) is 0 Å². The molecule has 0 saturated heterocycles. The molecule has 0 aliphatic heterocycles. The second-order valence-electron chi connectivity index (χ2n) is 8.04. The Hall–Kier alpha value is -4.53. The molecule has 1 heterocycles. The first-order chi connectivity index (χ1) is 18.1. The van der Waals surface area contributed by atoms with Crippen molar-refractivity contribution in [3.05, 3.63) is 89.5 Å². The van der Waals surface area contributed by atoms with Gasteiger partial charge in [-0.3, -0.25) is 4.79 Å². The van der Waals surface area contributed by atoms with Crippen molar-refractivity contribution in [2.24, 2.45) is 0 Å². The molecular formula is C28H31N5O4. The van der Waals surface area contributed by atoms with E-state index in [9.17, 15) is 4.79 Å². The number of nitrogens with zero attached hydrogens (tertiary/aromatic N) is 3. The largest absolute Gasteiger partial charge is 0.496 e. The van der Waals surface area contributed by atoms with Gasteiger partial charge >= 0.3 is 0 Å². The van der Waals surface area contributed by atoms with Crippen LogP contribution < -0.4 is 24.8 Å². The first-order valence-corrected chi connectivity index (χ1v) is 12.2. The quantitative estimate of drug-likeness (QED) is 0.280. The van der Waals surface area contributed by atoms with E-state index in [4.69, 9.17) is 14.2 Å². The summed E-state index contributed by atoms with van der Waals surface area (Å²) >= 11 is 0. The van der Waals surface area contributed by atoms with Gasteiger partial charge in [0.1, 0.15) is 17.2 Å². The average molecular weight is 502 g/mol. The van der Waals surface area contributed by atoms with Crippen LogP contribution in [0.15, 0.2) is 72.8 Å². The molecule has 0 aliphatic rings. The van der Waals surface area contributed by atoms with E-state index in [1.54, 1.807) is 18.2 Å². The van der Waals surface area contributed by atoms with Crippen LogP contribution in [0.2, 0.25) is 0 Å². The molecule has 4 aromatic rings. The van der Waals surface area contributed by atoms with E-state index >= 15 is 0 Å². The standard InChI is InChI=1S/C28H31N5O4/c1-4-36-22-14-10-20(11-15-22)18-29-27-31-28(30-19-21-12-16-23(17-13-21)37-5-2)33(32-27)26(34)24-8-6-7-9-25(24)35-3/h6-17H,4-5,18-19H2,1-3H3,(H2,29,30,31,32). The number of ether oxygens (including phenoxy) is 3. The molecule has 9 heteroatoms. The number of methoxy groups -OCH3 is 1. The molecule has 9 nitrogen and oxygen atoms in total. The van der Waals surface area contributed by atoms with Crippen molar-refractivity contribution in [3.8, 4) is 17.2 Å². The van der Waals surface area contributed by atoms with E-state index in [0.717, 1.165) is 22.6 Å². The molecule has 4 rings (SSSR count). The van der Waals surface area contributed by atoms with Crippen LogP contribution in [0.3, 0.4) is 0 Å². The molecule has 0 amide bonds. The van der Waals surface area contributed by atoms with Gasteiger partial charge in [0.15, 0.2) is 0 Å². The summed E-state index contributed by atoms with van der Waals surface area (Å²) in [5, 5.41) is 10.9. The Morgan fingerprint density at radius 3 is 1.95 bits per heavy atom. The number of hydrogen-bond acceptors (Lipinski definition) is 8. The van der Waals surface area contributed by atoms with E-state index < -0.39 is 0 Å². The van der Waals surface area contributed by atoms with Crippen LogP contribution in [-0.2, 0) is 13.1 Å². The lowest BCUT2D eigenvalue weighted by Crippen LogP contribution is -2.18. The molecule has 0 atom stereocenters. The van der Waals surface area contributed by atoms with Crippen molar-refractivity contribution in [1.82, 2.24) is 14.8 Å². The zero-order chi connectivity index (χ0) is 26.0. The molecule has 0 radical (unpaired) electrons. The zero-order valence-electron chi connectivity index (χ0n) is 21.2. The van der Waals surface area contributed by atoms with Crippen molar-refractivity contribution in [3.63, 3.8) is 0 Å². The van der Waals surface area contributed by atoms with E-state index in [0.29, 0.717) is 49.5 Å². The molecule has 192 valence electrons. The molecule has 3 aromatic carbocycles. The molecule has 0 aliphatic carbocycles.